The molecule has 0 N–H and O–H groups in total. The second kappa shape index (κ2) is 14.7. The van der Waals surface area contributed by atoms with Gasteiger partial charge in [-0.05, 0) is 72.5 Å². The topological polar surface area (TPSA) is 44.9 Å². The summed E-state index contributed by atoms with van der Waals surface area (Å²) in [6, 6.07) is 32.0. The molecule has 0 amide bonds. The monoisotopic (exact) mass is 815 g/mol. The average Bonchev–Trinajstić information content (AvgIpc) is 3.69. The maximum atomic E-state index is 14.3. The summed E-state index contributed by atoms with van der Waals surface area (Å²) in [6.07, 6.45) is 12.3. The second-order valence-electron chi connectivity index (χ2n) is 12.1. The number of hydrogen-bond donors (Lipinski definition) is 0. The quantitative estimate of drug-likeness (QED) is 0.122. The fraction of sp³-hybridized carbons (Fsp3) is 0.220. The third-order valence-electron chi connectivity index (χ3n) is 8.63. The van der Waals surface area contributed by atoms with E-state index >= 15 is 0 Å². The molecule has 0 radical (unpaired) electrons. The number of fused-ring (bicyclic) bond motifs is 3. The first-order valence-electron chi connectivity index (χ1n) is 16.5. The Morgan fingerprint density at radius 1 is 0.812 bits per heavy atom. The van der Waals surface area contributed by atoms with Crippen molar-refractivity contribution < 1.29 is 30.2 Å². The third-order valence-corrected chi connectivity index (χ3v) is 8.63. The summed E-state index contributed by atoms with van der Waals surface area (Å²) in [5.41, 5.74) is 9.02. The van der Waals surface area contributed by atoms with Crippen LogP contribution in [0.15, 0.2) is 97.5 Å². The van der Waals surface area contributed by atoms with Crippen LogP contribution in [0.5, 0.6) is 11.5 Å². The van der Waals surface area contributed by atoms with E-state index in [0.717, 1.165) is 71.6 Å². The Morgan fingerprint density at radius 3 is 2.31 bits per heavy atom. The minimum absolute atomic E-state index is 0. The number of hydrogen-bond acceptors (Lipinski definition) is 3. The summed E-state index contributed by atoms with van der Waals surface area (Å²) in [5, 5.41) is 6.79. The summed E-state index contributed by atoms with van der Waals surface area (Å²) in [6.45, 7) is 6.69. The van der Waals surface area contributed by atoms with E-state index in [9.17, 15) is 4.39 Å². The minimum atomic E-state index is -0.349. The Labute approximate surface area is 295 Å². The Hall–Kier alpha value is -4.54. The Balaban J connectivity index is 0.00000401. The number of nitrogens with zero attached hydrogens (tertiary/aromatic N) is 4. The standard InChI is InChI=1S/C41H37FN4O.Pt/c1-4-6-11-29-21-28(3)22-30(12-7-5-2)41(29)31-26-44-45(27-31)33-13-10-14-34(24-33)47-35-17-18-37-36-15-8-9-16-38(36)46(39(37)25-35)40-23-32(42)19-20-43-40;/h8-10,13-23,26-27H,4-7,11-12H2,1-3H3;/q-2;+2. The van der Waals surface area contributed by atoms with Crippen molar-refractivity contribution in [3.05, 3.63) is 132 Å². The van der Waals surface area contributed by atoms with Crippen LogP contribution in [0.25, 0.3) is 44.4 Å². The van der Waals surface area contributed by atoms with Crippen LogP contribution in [-0.4, -0.2) is 19.3 Å². The first-order chi connectivity index (χ1) is 23.0. The predicted molar refractivity (Wildman–Crippen MR) is 187 cm³/mol. The van der Waals surface area contributed by atoms with Crippen molar-refractivity contribution in [1.29, 1.82) is 0 Å². The number of para-hydroxylation sites is 1. The van der Waals surface area contributed by atoms with E-state index in [1.165, 1.54) is 40.6 Å². The normalized spacial score (nSPS) is 11.2. The maximum absolute atomic E-state index is 14.3. The van der Waals surface area contributed by atoms with Crippen molar-refractivity contribution in [1.82, 2.24) is 19.3 Å². The summed E-state index contributed by atoms with van der Waals surface area (Å²) in [7, 11) is 0. The van der Waals surface area contributed by atoms with Crippen LogP contribution in [-0.2, 0) is 33.9 Å². The molecule has 0 fully saturated rings. The van der Waals surface area contributed by atoms with Gasteiger partial charge in [-0.1, -0.05) is 68.1 Å². The smallest absolute Gasteiger partial charge is 0.509 e. The van der Waals surface area contributed by atoms with Gasteiger partial charge in [-0.15, -0.1) is 35.7 Å². The van der Waals surface area contributed by atoms with Gasteiger partial charge < -0.3 is 9.30 Å². The van der Waals surface area contributed by atoms with Gasteiger partial charge in [-0.2, -0.15) is 17.2 Å². The number of halogens is 1. The number of aromatic nitrogens is 4. The van der Waals surface area contributed by atoms with E-state index in [4.69, 9.17) is 9.84 Å². The first kappa shape index (κ1) is 33.4. The zero-order valence-corrected chi connectivity index (χ0v) is 29.6. The van der Waals surface area contributed by atoms with Crippen LogP contribution < -0.4 is 4.74 Å². The number of benzene rings is 4. The molecule has 3 heterocycles. The van der Waals surface area contributed by atoms with Gasteiger partial charge in [0.05, 0.1) is 6.20 Å². The van der Waals surface area contributed by atoms with Crippen LogP contribution >= 0.6 is 0 Å². The molecular weight excluding hydrogens is 779 g/mol. The predicted octanol–water partition coefficient (Wildman–Crippen LogP) is 10.6. The number of pyridine rings is 1. The molecule has 0 saturated carbocycles. The fourth-order valence-electron chi connectivity index (χ4n) is 6.46. The number of ether oxygens (including phenoxy) is 1. The molecule has 7 rings (SSSR count). The van der Waals surface area contributed by atoms with E-state index in [1.807, 2.05) is 70.0 Å². The molecule has 0 bridgehead atoms. The molecule has 48 heavy (non-hydrogen) atoms. The zero-order valence-electron chi connectivity index (χ0n) is 27.4. The maximum Gasteiger partial charge on any atom is 2.00 e. The zero-order chi connectivity index (χ0) is 32.3. The fourth-order valence-corrected chi connectivity index (χ4v) is 6.46. The summed E-state index contributed by atoms with van der Waals surface area (Å²) >= 11 is 0. The molecule has 7 aromatic rings. The second-order valence-corrected chi connectivity index (χ2v) is 12.1. The van der Waals surface area contributed by atoms with E-state index in [1.54, 1.807) is 0 Å². The molecule has 0 aliphatic carbocycles. The van der Waals surface area contributed by atoms with Gasteiger partial charge in [0.1, 0.15) is 11.6 Å². The van der Waals surface area contributed by atoms with Crippen LogP contribution in [0, 0.1) is 24.9 Å². The molecule has 0 aliphatic rings. The van der Waals surface area contributed by atoms with E-state index in [0.29, 0.717) is 17.3 Å². The van der Waals surface area contributed by atoms with Crippen molar-refractivity contribution in [3.63, 3.8) is 0 Å². The van der Waals surface area contributed by atoms with E-state index in [2.05, 4.69) is 56.2 Å². The molecule has 0 spiro atoms. The van der Waals surface area contributed by atoms with Crippen molar-refractivity contribution >= 4 is 21.8 Å². The van der Waals surface area contributed by atoms with Gasteiger partial charge in [0.25, 0.3) is 0 Å². The van der Waals surface area contributed by atoms with E-state index < -0.39 is 0 Å². The molecule has 0 atom stereocenters. The Morgan fingerprint density at radius 2 is 1.56 bits per heavy atom. The molecule has 0 saturated heterocycles. The van der Waals surface area contributed by atoms with Crippen molar-refractivity contribution in [3.8, 4) is 34.1 Å². The number of rotatable bonds is 11. The molecule has 7 heteroatoms. The molecular formula is C41H37FN4OPt. The molecule has 244 valence electrons. The van der Waals surface area contributed by atoms with Crippen LogP contribution in [0.2, 0.25) is 0 Å². The minimum Gasteiger partial charge on any atom is -0.509 e. The van der Waals surface area contributed by atoms with Gasteiger partial charge in [0, 0.05) is 41.0 Å². The summed E-state index contributed by atoms with van der Waals surface area (Å²) in [4.78, 5) is 4.46. The van der Waals surface area contributed by atoms with Gasteiger partial charge in [-0.3, -0.25) is 4.68 Å². The molecule has 4 aromatic carbocycles. The van der Waals surface area contributed by atoms with Gasteiger partial charge >= 0.3 is 21.1 Å². The molecule has 0 aliphatic heterocycles. The van der Waals surface area contributed by atoms with Crippen molar-refractivity contribution in [2.24, 2.45) is 0 Å². The number of unbranched alkanes of at least 4 members (excludes halogenated alkanes) is 2. The third kappa shape index (κ3) is 6.72. The van der Waals surface area contributed by atoms with Crippen LogP contribution in [0.1, 0.15) is 56.2 Å². The molecule has 5 nitrogen and oxygen atoms in total. The summed E-state index contributed by atoms with van der Waals surface area (Å²) in [5.74, 6) is 1.20. The summed E-state index contributed by atoms with van der Waals surface area (Å²) < 4.78 is 24.4. The van der Waals surface area contributed by atoms with Gasteiger partial charge in [-0.25, -0.2) is 9.37 Å². The average molecular weight is 816 g/mol. The molecule has 3 aromatic heterocycles. The Bertz CT molecular complexity index is 2170. The van der Waals surface area contributed by atoms with Gasteiger partial charge in [0.15, 0.2) is 0 Å². The first-order valence-corrected chi connectivity index (χ1v) is 16.5. The largest absolute Gasteiger partial charge is 2.00 e. The van der Waals surface area contributed by atoms with Crippen LogP contribution in [0.3, 0.4) is 0 Å². The van der Waals surface area contributed by atoms with Gasteiger partial charge in [0.2, 0.25) is 0 Å². The van der Waals surface area contributed by atoms with E-state index in [-0.39, 0.29) is 26.9 Å². The van der Waals surface area contributed by atoms with Crippen molar-refractivity contribution in [2.45, 2.75) is 59.3 Å². The Kier molecular flexibility index (Phi) is 10.2. The SMILES string of the molecule is CCCCc1cc(C)cc(CCCC)c1-c1cnn(-c2[c-]c(Oc3[c-]c4c(cc3)c3ccccc3n4-c3cc(F)ccn3)ccc2)c1.[Pt+2]. The van der Waals surface area contributed by atoms with Crippen LogP contribution in [0.4, 0.5) is 4.39 Å². The molecule has 0 unspecified atom stereocenters. The number of aryl methyl sites for hydroxylation is 3. The van der Waals surface area contributed by atoms with Crippen molar-refractivity contribution in [2.75, 3.05) is 0 Å².